The highest BCUT2D eigenvalue weighted by Gasteiger charge is 2.26. The maximum Gasteiger partial charge on any atom is 0.472 e. The van der Waals surface area contributed by atoms with Gasteiger partial charge in [0.2, 0.25) is 0 Å². The summed E-state index contributed by atoms with van der Waals surface area (Å²) in [4.78, 5) is 35.4. The van der Waals surface area contributed by atoms with Gasteiger partial charge in [-0.2, -0.15) is 0 Å². The Labute approximate surface area is 392 Å². The third kappa shape index (κ3) is 48.6. The van der Waals surface area contributed by atoms with Crippen molar-refractivity contribution in [3.63, 3.8) is 0 Å². The fourth-order valence-corrected chi connectivity index (χ4v) is 7.25. The first kappa shape index (κ1) is 61.2. The SMILES string of the molecule is CCCCCCCCCCC=CCC=CCC=CCC=CCC(=O)OC[C@H](COP(=O)(O)OCC[N+](C)(C)C)OC(=O)CC=CCC=CCC=CCCCCCCCCCCCCC. The Balaban J connectivity index is 4.51. The van der Waals surface area contributed by atoms with E-state index in [1.165, 1.54) is 128 Å². The molecule has 10 heteroatoms. The van der Waals surface area contributed by atoms with Gasteiger partial charge in [-0.25, -0.2) is 4.57 Å². The molecule has 0 fully saturated rings. The van der Waals surface area contributed by atoms with Crippen LogP contribution in [0, 0.1) is 0 Å². The van der Waals surface area contributed by atoms with Gasteiger partial charge in [-0.15, -0.1) is 0 Å². The van der Waals surface area contributed by atoms with Gasteiger partial charge >= 0.3 is 19.8 Å². The molecule has 0 aromatic carbocycles. The number of quaternary nitrogens is 1. The summed E-state index contributed by atoms with van der Waals surface area (Å²) < 4.78 is 34.1. The van der Waals surface area contributed by atoms with Crippen LogP contribution in [0.3, 0.4) is 0 Å². The first-order valence-electron chi connectivity index (χ1n) is 25.3. The fourth-order valence-electron chi connectivity index (χ4n) is 6.51. The minimum Gasteiger partial charge on any atom is -0.461 e. The molecule has 2 atom stereocenters. The lowest BCUT2D eigenvalue weighted by Gasteiger charge is -2.24. The normalized spacial score (nSPS) is 14.2. The summed E-state index contributed by atoms with van der Waals surface area (Å²) in [5.41, 5.74) is 0. The molecule has 0 rings (SSSR count). The van der Waals surface area contributed by atoms with Gasteiger partial charge in [-0.05, 0) is 57.8 Å². The van der Waals surface area contributed by atoms with Crippen LogP contribution in [0.15, 0.2) is 85.1 Å². The highest BCUT2D eigenvalue weighted by molar-refractivity contribution is 7.47. The summed E-state index contributed by atoms with van der Waals surface area (Å²) in [5.74, 6) is -1.08. The van der Waals surface area contributed by atoms with Crippen molar-refractivity contribution in [2.45, 2.75) is 200 Å². The average molecular weight is 917 g/mol. The highest BCUT2D eigenvalue weighted by atomic mass is 31.2. The number of esters is 2. The standard InChI is InChI=1S/C54H94NO8P/c1-6-8-10-12-14-16-18-20-22-24-26-28-30-32-34-36-38-40-42-44-46-53(56)60-50-52(51-62-64(58,59)61-49-48-55(3,4)5)63-54(57)47-45-43-41-39-37-35-33-31-29-27-25-23-21-19-17-15-13-11-9-7-2/h24,26,30-33,36-39,42-45,52H,6-23,25,27-29,34-35,40-41,46-51H2,1-5H3/p+1/t52-/m1/s1. The van der Waals surface area contributed by atoms with E-state index in [9.17, 15) is 19.0 Å². The maximum atomic E-state index is 12.7. The molecule has 0 aliphatic rings. The van der Waals surface area contributed by atoms with Crippen LogP contribution in [0.2, 0.25) is 0 Å². The Bertz CT molecular complexity index is 1360. The van der Waals surface area contributed by atoms with E-state index in [0.29, 0.717) is 23.9 Å². The van der Waals surface area contributed by atoms with Crippen LogP contribution >= 0.6 is 7.82 Å². The van der Waals surface area contributed by atoms with E-state index in [-0.39, 0.29) is 26.1 Å². The first-order chi connectivity index (χ1) is 31.0. The molecular formula is C54H95NO8P+. The lowest BCUT2D eigenvalue weighted by Crippen LogP contribution is -2.37. The van der Waals surface area contributed by atoms with E-state index in [4.69, 9.17) is 18.5 Å². The van der Waals surface area contributed by atoms with E-state index in [1.807, 2.05) is 33.3 Å². The van der Waals surface area contributed by atoms with E-state index in [2.05, 4.69) is 74.6 Å². The molecule has 368 valence electrons. The molecular weight excluding hydrogens is 822 g/mol. The number of ether oxygens (including phenoxy) is 2. The van der Waals surface area contributed by atoms with Crippen LogP contribution in [-0.2, 0) is 32.7 Å². The predicted octanol–water partition coefficient (Wildman–Crippen LogP) is 15.1. The van der Waals surface area contributed by atoms with E-state index >= 15 is 0 Å². The second-order valence-corrected chi connectivity index (χ2v) is 19.3. The smallest absolute Gasteiger partial charge is 0.461 e. The Hall–Kier alpha value is -2.81. The van der Waals surface area contributed by atoms with Gasteiger partial charge in [0.25, 0.3) is 0 Å². The molecule has 0 aliphatic carbocycles. The van der Waals surface area contributed by atoms with Crippen molar-refractivity contribution in [3.8, 4) is 0 Å². The van der Waals surface area contributed by atoms with Gasteiger partial charge < -0.3 is 18.9 Å². The Morgan fingerprint density at radius 3 is 1.25 bits per heavy atom. The van der Waals surface area contributed by atoms with Crippen LogP contribution in [-0.4, -0.2) is 74.9 Å². The van der Waals surface area contributed by atoms with Crippen molar-refractivity contribution in [2.75, 3.05) is 47.5 Å². The van der Waals surface area contributed by atoms with Gasteiger partial charge in [0.1, 0.15) is 19.8 Å². The summed E-state index contributed by atoms with van der Waals surface area (Å²) in [6.07, 6.45) is 59.9. The van der Waals surface area contributed by atoms with Crippen molar-refractivity contribution in [2.24, 2.45) is 0 Å². The highest BCUT2D eigenvalue weighted by Crippen LogP contribution is 2.43. The number of hydrogen-bond donors (Lipinski definition) is 1. The maximum absolute atomic E-state index is 12.7. The van der Waals surface area contributed by atoms with Gasteiger partial charge in [0, 0.05) is 0 Å². The zero-order valence-electron chi connectivity index (χ0n) is 41.5. The molecule has 64 heavy (non-hydrogen) atoms. The molecule has 0 radical (unpaired) electrons. The number of phosphoric acid groups is 1. The Kier molecular flexibility index (Phi) is 43.4. The molecule has 1 N–H and O–H groups in total. The topological polar surface area (TPSA) is 108 Å². The van der Waals surface area contributed by atoms with Crippen molar-refractivity contribution in [3.05, 3.63) is 85.1 Å². The minimum atomic E-state index is -4.43. The second kappa shape index (κ2) is 45.4. The molecule has 0 spiro atoms. The van der Waals surface area contributed by atoms with Crippen LogP contribution < -0.4 is 0 Å². The number of nitrogens with zero attached hydrogens (tertiary/aromatic N) is 1. The molecule has 0 aromatic heterocycles. The molecule has 0 aromatic rings. The molecule has 0 saturated carbocycles. The van der Waals surface area contributed by atoms with E-state index in [0.717, 1.165) is 25.7 Å². The predicted molar refractivity (Wildman–Crippen MR) is 270 cm³/mol. The first-order valence-corrected chi connectivity index (χ1v) is 26.8. The van der Waals surface area contributed by atoms with Crippen molar-refractivity contribution >= 4 is 19.8 Å². The van der Waals surface area contributed by atoms with E-state index < -0.39 is 32.5 Å². The Morgan fingerprint density at radius 2 is 0.844 bits per heavy atom. The number of unbranched alkanes of at least 4 members (excludes halogenated alkanes) is 19. The average Bonchev–Trinajstić information content (AvgIpc) is 3.25. The monoisotopic (exact) mass is 917 g/mol. The molecule has 1 unspecified atom stereocenters. The number of carbonyl (C=O) groups excluding carboxylic acids is 2. The lowest BCUT2D eigenvalue weighted by atomic mass is 10.1. The van der Waals surface area contributed by atoms with Gasteiger partial charge in [0.05, 0.1) is 40.6 Å². The number of hydrogen-bond acceptors (Lipinski definition) is 7. The van der Waals surface area contributed by atoms with Gasteiger partial charge in [-0.1, -0.05) is 208 Å². The van der Waals surface area contributed by atoms with Crippen LogP contribution in [0.1, 0.15) is 194 Å². The second-order valence-electron chi connectivity index (χ2n) is 17.9. The molecule has 0 bridgehead atoms. The van der Waals surface area contributed by atoms with Crippen LogP contribution in [0.5, 0.6) is 0 Å². The van der Waals surface area contributed by atoms with E-state index in [1.54, 1.807) is 12.2 Å². The summed E-state index contributed by atoms with van der Waals surface area (Å²) in [6, 6.07) is 0. The summed E-state index contributed by atoms with van der Waals surface area (Å²) >= 11 is 0. The zero-order valence-corrected chi connectivity index (χ0v) is 42.4. The summed E-state index contributed by atoms with van der Waals surface area (Å²) in [6.45, 7) is 4.22. The Morgan fingerprint density at radius 1 is 0.484 bits per heavy atom. The molecule has 0 saturated heterocycles. The van der Waals surface area contributed by atoms with Gasteiger partial charge in [0.15, 0.2) is 6.10 Å². The third-order valence-electron chi connectivity index (χ3n) is 10.5. The zero-order chi connectivity index (χ0) is 47.1. The minimum absolute atomic E-state index is 0.000975. The number of allylic oxidation sites excluding steroid dienone is 12. The quantitative estimate of drug-likeness (QED) is 0.0212. The fraction of sp³-hybridized carbons (Fsp3) is 0.704. The van der Waals surface area contributed by atoms with Gasteiger partial charge in [-0.3, -0.25) is 18.6 Å². The lowest BCUT2D eigenvalue weighted by molar-refractivity contribution is -0.870. The van der Waals surface area contributed by atoms with Crippen molar-refractivity contribution in [1.82, 2.24) is 0 Å². The third-order valence-corrected chi connectivity index (χ3v) is 11.4. The number of likely N-dealkylation sites (N-methyl/N-ethyl adjacent to an activating group) is 1. The van der Waals surface area contributed by atoms with Crippen molar-refractivity contribution in [1.29, 1.82) is 0 Å². The molecule has 0 amide bonds. The number of phosphoric ester groups is 1. The number of carbonyl (C=O) groups is 2. The number of rotatable bonds is 45. The van der Waals surface area contributed by atoms with Crippen LogP contribution in [0.25, 0.3) is 0 Å². The summed E-state index contributed by atoms with van der Waals surface area (Å²) in [5, 5.41) is 0. The molecule has 0 heterocycles. The van der Waals surface area contributed by atoms with Crippen molar-refractivity contribution < 1.29 is 42.1 Å². The molecule has 0 aliphatic heterocycles. The molecule has 9 nitrogen and oxygen atoms in total. The summed E-state index contributed by atoms with van der Waals surface area (Å²) in [7, 11) is 1.38. The van der Waals surface area contributed by atoms with Crippen LogP contribution in [0.4, 0.5) is 0 Å². The largest absolute Gasteiger partial charge is 0.472 e.